The standard InChI is InChI=1S/C13H26N2O2/c1-3-9-15-12(16)11(2)17-10-13(14)7-5-4-6-8-13/h11H,3-10,14H2,1-2H3,(H,15,16). The van der Waals surface area contributed by atoms with E-state index in [0.29, 0.717) is 13.2 Å². The van der Waals surface area contributed by atoms with Crippen LogP contribution in [-0.2, 0) is 9.53 Å². The second kappa shape index (κ2) is 6.97. The minimum atomic E-state index is -0.399. The molecule has 4 heteroatoms. The van der Waals surface area contributed by atoms with Gasteiger partial charge in [-0.2, -0.15) is 0 Å². The highest BCUT2D eigenvalue weighted by molar-refractivity contribution is 5.80. The van der Waals surface area contributed by atoms with E-state index in [0.717, 1.165) is 19.3 Å². The Morgan fingerprint density at radius 2 is 2.06 bits per heavy atom. The fourth-order valence-electron chi connectivity index (χ4n) is 2.16. The number of ether oxygens (including phenoxy) is 1. The van der Waals surface area contributed by atoms with E-state index in [9.17, 15) is 4.79 Å². The molecule has 1 fully saturated rings. The summed E-state index contributed by atoms with van der Waals surface area (Å²) in [6.45, 7) is 5.02. The number of carbonyl (C=O) groups excluding carboxylic acids is 1. The molecular weight excluding hydrogens is 216 g/mol. The van der Waals surface area contributed by atoms with Gasteiger partial charge in [-0.1, -0.05) is 26.2 Å². The van der Waals surface area contributed by atoms with E-state index in [2.05, 4.69) is 5.32 Å². The molecule has 0 aromatic heterocycles. The van der Waals surface area contributed by atoms with E-state index < -0.39 is 6.10 Å². The van der Waals surface area contributed by atoms with E-state index >= 15 is 0 Å². The van der Waals surface area contributed by atoms with Crippen LogP contribution in [0.2, 0.25) is 0 Å². The molecule has 0 bridgehead atoms. The zero-order chi connectivity index (χ0) is 12.7. The van der Waals surface area contributed by atoms with Crippen molar-refractivity contribution in [2.24, 2.45) is 5.73 Å². The summed E-state index contributed by atoms with van der Waals surface area (Å²) in [6, 6.07) is 0. The Kier molecular flexibility index (Phi) is 5.92. The van der Waals surface area contributed by atoms with Crippen LogP contribution in [-0.4, -0.2) is 30.7 Å². The van der Waals surface area contributed by atoms with Crippen LogP contribution in [0.4, 0.5) is 0 Å². The van der Waals surface area contributed by atoms with Gasteiger partial charge in [0.15, 0.2) is 0 Å². The van der Waals surface area contributed by atoms with E-state index in [-0.39, 0.29) is 11.4 Å². The molecule has 1 rings (SSSR count). The van der Waals surface area contributed by atoms with Crippen molar-refractivity contribution in [3.63, 3.8) is 0 Å². The second-order valence-corrected chi connectivity index (χ2v) is 5.17. The van der Waals surface area contributed by atoms with Gasteiger partial charge in [-0.3, -0.25) is 4.79 Å². The van der Waals surface area contributed by atoms with Crippen molar-refractivity contribution >= 4 is 5.91 Å². The third-order valence-electron chi connectivity index (χ3n) is 3.39. The van der Waals surface area contributed by atoms with Crippen LogP contribution in [0.1, 0.15) is 52.4 Å². The third-order valence-corrected chi connectivity index (χ3v) is 3.39. The normalized spacial score (nSPS) is 20.9. The molecular formula is C13H26N2O2. The van der Waals surface area contributed by atoms with Gasteiger partial charge in [0.1, 0.15) is 6.10 Å². The minimum absolute atomic E-state index is 0.0359. The first-order valence-electron chi connectivity index (χ1n) is 6.75. The molecule has 0 aromatic rings. The minimum Gasteiger partial charge on any atom is -0.367 e. The van der Waals surface area contributed by atoms with Gasteiger partial charge in [-0.15, -0.1) is 0 Å². The molecule has 1 atom stereocenters. The summed E-state index contributed by atoms with van der Waals surface area (Å²) in [4.78, 5) is 11.6. The summed E-state index contributed by atoms with van der Waals surface area (Å²) in [5.74, 6) is -0.0359. The molecule has 1 amide bonds. The Morgan fingerprint density at radius 3 is 2.65 bits per heavy atom. The molecule has 4 nitrogen and oxygen atoms in total. The summed E-state index contributed by atoms with van der Waals surface area (Å²) in [5, 5.41) is 2.83. The fraction of sp³-hybridized carbons (Fsp3) is 0.923. The molecule has 17 heavy (non-hydrogen) atoms. The average Bonchev–Trinajstić information content (AvgIpc) is 2.34. The van der Waals surface area contributed by atoms with Gasteiger partial charge in [0.05, 0.1) is 6.61 Å². The van der Waals surface area contributed by atoms with E-state index in [1.54, 1.807) is 6.92 Å². The molecule has 0 aliphatic heterocycles. The maximum absolute atomic E-state index is 11.6. The van der Waals surface area contributed by atoms with Crippen LogP contribution in [0.25, 0.3) is 0 Å². The third kappa shape index (κ3) is 5.04. The molecule has 0 radical (unpaired) electrons. The van der Waals surface area contributed by atoms with E-state index in [1.165, 1.54) is 19.3 Å². The van der Waals surface area contributed by atoms with Gasteiger partial charge < -0.3 is 15.8 Å². The lowest BCUT2D eigenvalue weighted by atomic mass is 9.83. The van der Waals surface area contributed by atoms with Crippen LogP contribution in [0.15, 0.2) is 0 Å². The average molecular weight is 242 g/mol. The van der Waals surface area contributed by atoms with Crippen LogP contribution in [0.3, 0.4) is 0 Å². The van der Waals surface area contributed by atoms with Crippen molar-refractivity contribution in [1.82, 2.24) is 5.32 Å². The largest absolute Gasteiger partial charge is 0.367 e. The number of hydrogen-bond donors (Lipinski definition) is 2. The maximum atomic E-state index is 11.6. The predicted molar refractivity (Wildman–Crippen MR) is 68.7 cm³/mol. The smallest absolute Gasteiger partial charge is 0.248 e. The molecule has 0 aromatic carbocycles. The van der Waals surface area contributed by atoms with E-state index in [1.807, 2.05) is 6.92 Å². The fourth-order valence-corrected chi connectivity index (χ4v) is 2.16. The first-order chi connectivity index (χ1) is 8.07. The van der Waals surface area contributed by atoms with Crippen molar-refractivity contribution in [3.05, 3.63) is 0 Å². The molecule has 1 saturated carbocycles. The molecule has 0 heterocycles. The number of nitrogens with two attached hydrogens (primary N) is 1. The molecule has 1 aliphatic carbocycles. The Balaban J connectivity index is 2.26. The SMILES string of the molecule is CCCNC(=O)C(C)OCC1(N)CCCCC1. The van der Waals surface area contributed by atoms with Gasteiger partial charge in [0.2, 0.25) is 5.91 Å². The lowest BCUT2D eigenvalue weighted by Gasteiger charge is -2.33. The molecule has 0 saturated heterocycles. The first kappa shape index (κ1) is 14.5. The Bertz CT molecular complexity index is 238. The zero-order valence-corrected chi connectivity index (χ0v) is 11.1. The lowest BCUT2D eigenvalue weighted by molar-refractivity contribution is -0.133. The van der Waals surface area contributed by atoms with E-state index in [4.69, 9.17) is 10.5 Å². The van der Waals surface area contributed by atoms with Gasteiger partial charge >= 0.3 is 0 Å². The molecule has 1 unspecified atom stereocenters. The number of rotatable bonds is 6. The van der Waals surface area contributed by atoms with Gasteiger partial charge in [0.25, 0.3) is 0 Å². The summed E-state index contributed by atoms with van der Waals surface area (Å²) in [7, 11) is 0. The van der Waals surface area contributed by atoms with Crippen molar-refractivity contribution in [2.75, 3.05) is 13.2 Å². The molecule has 1 aliphatic rings. The highest BCUT2D eigenvalue weighted by Gasteiger charge is 2.29. The number of nitrogens with one attached hydrogen (secondary N) is 1. The highest BCUT2D eigenvalue weighted by Crippen LogP contribution is 2.26. The van der Waals surface area contributed by atoms with Gasteiger partial charge in [-0.05, 0) is 26.2 Å². The Morgan fingerprint density at radius 1 is 1.41 bits per heavy atom. The monoisotopic (exact) mass is 242 g/mol. The van der Waals surface area contributed by atoms with Crippen LogP contribution >= 0.6 is 0 Å². The van der Waals surface area contributed by atoms with Gasteiger partial charge in [-0.25, -0.2) is 0 Å². The number of hydrogen-bond acceptors (Lipinski definition) is 3. The highest BCUT2D eigenvalue weighted by atomic mass is 16.5. The Labute approximate surface area is 104 Å². The molecule has 0 spiro atoms. The molecule has 100 valence electrons. The topological polar surface area (TPSA) is 64.3 Å². The zero-order valence-electron chi connectivity index (χ0n) is 11.1. The predicted octanol–water partition coefficient (Wildman–Crippen LogP) is 1.58. The first-order valence-corrected chi connectivity index (χ1v) is 6.75. The summed E-state index contributed by atoms with van der Waals surface area (Å²) >= 11 is 0. The van der Waals surface area contributed by atoms with Crippen molar-refractivity contribution in [1.29, 1.82) is 0 Å². The quantitative estimate of drug-likeness (QED) is 0.743. The molecule has 3 N–H and O–H groups in total. The second-order valence-electron chi connectivity index (χ2n) is 5.17. The lowest BCUT2D eigenvalue weighted by Crippen LogP contribution is -2.48. The Hall–Kier alpha value is -0.610. The van der Waals surface area contributed by atoms with Crippen molar-refractivity contribution < 1.29 is 9.53 Å². The van der Waals surface area contributed by atoms with Crippen LogP contribution < -0.4 is 11.1 Å². The summed E-state index contributed by atoms with van der Waals surface area (Å²) in [6.07, 6.45) is 6.19. The number of carbonyl (C=O) groups is 1. The summed E-state index contributed by atoms with van der Waals surface area (Å²) < 4.78 is 5.61. The maximum Gasteiger partial charge on any atom is 0.248 e. The van der Waals surface area contributed by atoms with Crippen molar-refractivity contribution in [3.8, 4) is 0 Å². The van der Waals surface area contributed by atoms with Crippen LogP contribution in [0.5, 0.6) is 0 Å². The van der Waals surface area contributed by atoms with Gasteiger partial charge in [0, 0.05) is 12.1 Å². The van der Waals surface area contributed by atoms with Crippen molar-refractivity contribution in [2.45, 2.75) is 64.0 Å². The summed E-state index contributed by atoms with van der Waals surface area (Å²) in [5.41, 5.74) is 6.04. The van der Waals surface area contributed by atoms with Crippen LogP contribution in [0, 0.1) is 0 Å². The number of amides is 1.